The van der Waals surface area contributed by atoms with Gasteiger partial charge in [-0.25, -0.2) is 4.79 Å². The van der Waals surface area contributed by atoms with Crippen molar-refractivity contribution in [1.29, 1.82) is 0 Å². The summed E-state index contributed by atoms with van der Waals surface area (Å²) < 4.78 is 9.69. The first-order valence-electron chi connectivity index (χ1n) is 4.12. The zero-order valence-electron chi connectivity index (χ0n) is 8.05. The predicted molar refractivity (Wildman–Crippen MR) is 52.1 cm³/mol. The molecule has 0 amide bonds. The molecule has 0 saturated heterocycles. The Bertz CT molecular complexity index is 225. The molecule has 0 fully saturated rings. The molecular weight excluding hydrogens is 208 g/mol. The second kappa shape index (κ2) is 7.53. The molecule has 0 aromatic heterocycles. The highest BCUT2D eigenvalue weighted by Crippen LogP contribution is 1.93. The normalized spacial score (nSPS) is 9.57. The van der Waals surface area contributed by atoms with Crippen LogP contribution in [0.4, 0.5) is 0 Å². The fourth-order valence-corrected chi connectivity index (χ4v) is 0.648. The molecule has 0 atom stereocenters. The zero-order valence-corrected chi connectivity index (χ0v) is 8.80. The molecule has 0 heterocycles. The third kappa shape index (κ3) is 7.76. The van der Waals surface area contributed by atoms with Crippen LogP contribution in [0.1, 0.15) is 13.3 Å². The maximum Gasteiger partial charge on any atom is 0.333 e. The van der Waals surface area contributed by atoms with Gasteiger partial charge in [0.25, 0.3) is 0 Å². The Kier molecular flexibility index (Phi) is 7.06. The molecule has 80 valence electrons. The van der Waals surface area contributed by atoms with E-state index in [0.29, 0.717) is 5.57 Å². The molecule has 0 aliphatic rings. The second-order valence-corrected chi connectivity index (χ2v) is 3.06. The molecule has 4 nitrogen and oxygen atoms in total. The number of esters is 1. The van der Waals surface area contributed by atoms with E-state index < -0.39 is 11.2 Å². The van der Waals surface area contributed by atoms with Crippen LogP contribution in [0, 0.1) is 0 Å². The van der Waals surface area contributed by atoms with Crippen molar-refractivity contribution in [2.75, 3.05) is 19.8 Å². The van der Waals surface area contributed by atoms with Crippen LogP contribution in [0.25, 0.3) is 0 Å². The summed E-state index contributed by atoms with van der Waals surface area (Å²) >= 11 is 5.07. The largest absolute Gasteiger partial charge is 0.460 e. The molecular formula is C9H13ClO4. The van der Waals surface area contributed by atoms with Crippen LogP contribution in [0.15, 0.2) is 12.2 Å². The number of hydrogen-bond donors (Lipinski definition) is 0. The van der Waals surface area contributed by atoms with Crippen molar-refractivity contribution >= 4 is 22.8 Å². The first-order valence-corrected chi connectivity index (χ1v) is 4.50. The van der Waals surface area contributed by atoms with E-state index in [1.165, 1.54) is 0 Å². The fraction of sp³-hybridized carbons (Fsp3) is 0.556. The monoisotopic (exact) mass is 220 g/mol. The highest BCUT2D eigenvalue weighted by Gasteiger charge is 2.02. The van der Waals surface area contributed by atoms with Gasteiger partial charge in [0.1, 0.15) is 6.61 Å². The van der Waals surface area contributed by atoms with Gasteiger partial charge in [-0.15, -0.1) is 0 Å². The van der Waals surface area contributed by atoms with Gasteiger partial charge < -0.3 is 9.47 Å². The lowest BCUT2D eigenvalue weighted by Gasteiger charge is -2.04. The van der Waals surface area contributed by atoms with Gasteiger partial charge in [-0.1, -0.05) is 6.58 Å². The van der Waals surface area contributed by atoms with Crippen molar-refractivity contribution in [1.82, 2.24) is 0 Å². The van der Waals surface area contributed by atoms with Gasteiger partial charge in [-0.05, 0) is 18.5 Å². The number of rotatable bonds is 7. The van der Waals surface area contributed by atoms with Crippen LogP contribution >= 0.6 is 11.6 Å². The van der Waals surface area contributed by atoms with Crippen molar-refractivity contribution in [2.24, 2.45) is 0 Å². The summed E-state index contributed by atoms with van der Waals surface area (Å²) in [6.07, 6.45) is 0.163. The average molecular weight is 221 g/mol. The van der Waals surface area contributed by atoms with E-state index in [0.717, 1.165) is 0 Å². The Labute approximate surface area is 87.8 Å². The molecule has 0 aliphatic carbocycles. The summed E-state index contributed by atoms with van der Waals surface area (Å²) in [5, 5.41) is -0.441. The number of carbonyl (C=O) groups excluding carboxylic acids is 2. The van der Waals surface area contributed by atoms with Crippen LogP contribution in [0.5, 0.6) is 0 Å². The zero-order chi connectivity index (χ0) is 11.0. The van der Waals surface area contributed by atoms with Crippen molar-refractivity contribution in [3.8, 4) is 0 Å². The van der Waals surface area contributed by atoms with Crippen molar-refractivity contribution in [3.05, 3.63) is 12.2 Å². The van der Waals surface area contributed by atoms with Gasteiger partial charge in [0.15, 0.2) is 0 Å². The smallest absolute Gasteiger partial charge is 0.333 e. The first-order chi connectivity index (χ1) is 6.54. The van der Waals surface area contributed by atoms with E-state index in [9.17, 15) is 9.59 Å². The van der Waals surface area contributed by atoms with E-state index in [-0.39, 0.29) is 26.2 Å². The van der Waals surface area contributed by atoms with Crippen molar-refractivity contribution in [3.63, 3.8) is 0 Å². The van der Waals surface area contributed by atoms with E-state index in [2.05, 4.69) is 6.58 Å². The Balaban J connectivity index is 3.26. The van der Waals surface area contributed by atoms with Crippen LogP contribution in [-0.2, 0) is 19.1 Å². The molecule has 0 saturated carbocycles. The maximum absolute atomic E-state index is 10.8. The number of ether oxygens (including phenoxy) is 2. The van der Waals surface area contributed by atoms with Gasteiger partial charge in [-0.3, -0.25) is 4.79 Å². The number of carbonyl (C=O) groups is 2. The minimum Gasteiger partial charge on any atom is -0.460 e. The van der Waals surface area contributed by atoms with Crippen molar-refractivity contribution in [2.45, 2.75) is 13.3 Å². The standard InChI is InChI=1S/C9H13ClO4/c1-7(2)9(12)14-6-5-13-4-3-8(10)11/h1,3-6H2,2H3. The average Bonchev–Trinajstić information content (AvgIpc) is 2.09. The molecule has 0 aliphatic heterocycles. The Morgan fingerprint density at radius 3 is 2.43 bits per heavy atom. The summed E-state index contributed by atoms with van der Waals surface area (Å²) in [5.41, 5.74) is 0.348. The molecule has 14 heavy (non-hydrogen) atoms. The molecule has 0 unspecified atom stereocenters. The number of hydrogen-bond acceptors (Lipinski definition) is 4. The quantitative estimate of drug-likeness (QED) is 0.281. The molecule has 0 bridgehead atoms. The number of halogens is 1. The van der Waals surface area contributed by atoms with Gasteiger partial charge in [-0.2, -0.15) is 0 Å². The molecule has 0 rings (SSSR count). The van der Waals surface area contributed by atoms with E-state index >= 15 is 0 Å². The lowest BCUT2D eigenvalue weighted by atomic mass is 10.4. The molecule has 0 spiro atoms. The lowest BCUT2D eigenvalue weighted by molar-refractivity contribution is -0.140. The highest BCUT2D eigenvalue weighted by molar-refractivity contribution is 6.63. The maximum atomic E-state index is 10.8. The van der Waals surface area contributed by atoms with Crippen LogP contribution in [-0.4, -0.2) is 31.0 Å². The van der Waals surface area contributed by atoms with Crippen LogP contribution in [0.3, 0.4) is 0 Å². The second-order valence-electron chi connectivity index (χ2n) is 2.63. The van der Waals surface area contributed by atoms with E-state index in [4.69, 9.17) is 21.1 Å². The SMILES string of the molecule is C=C(C)C(=O)OCCOCCC(=O)Cl. The van der Waals surface area contributed by atoms with Crippen LogP contribution in [0.2, 0.25) is 0 Å². The molecule has 0 radical (unpaired) electrons. The van der Waals surface area contributed by atoms with Crippen molar-refractivity contribution < 1.29 is 19.1 Å². The molecule has 0 aromatic carbocycles. The topological polar surface area (TPSA) is 52.6 Å². The van der Waals surface area contributed by atoms with E-state index in [1.807, 2.05) is 0 Å². The third-order valence-corrected chi connectivity index (χ3v) is 1.44. The minimum atomic E-state index is -0.443. The highest BCUT2D eigenvalue weighted by atomic mass is 35.5. The third-order valence-electron chi connectivity index (χ3n) is 1.25. The molecule has 5 heteroatoms. The Morgan fingerprint density at radius 1 is 1.29 bits per heavy atom. The van der Waals surface area contributed by atoms with E-state index in [1.54, 1.807) is 6.92 Å². The van der Waals surface area contributed by atoms with Gasteiger partial charge in [0, 0.05) is 12.0 Å². The lowest BCUT2D eigenvalue weighted by Crippen LogP contribution is -2.11. The van der Waals surface area contributed by atoms with Crippen LogP contribution < -0.4 is 0 Å². The molecule has 0 N–H and O–H groups in total. The summed E-state index contributed by atoms with van der Waals surface area (Å²) in [7, 11) is 0. The predicted octanol–water partition coefficient (Wildman–Crippen LogP) is 1.28. The minimum absolute atomic E-state index is 0.155. The summed E-state index contributed by atoms with van der Waals surface area (Å²) in [6, 6.07) is 0. The molecule has 0 aromatic rings. The Hall–Kier alpha value is -0.870. The Morgan fingerprint density at radius 2 is 1.93 bits per heavy atom. The first kappa shape index (κ1) is 13.1. The fourth-order valence-electron chi connectivity index (χ4n) is 0.571. The summed E-state index contributed by atoms with van der Waals surface area (Å²) in [6.45, 7) is 5.63. The summed E-state index contributed by atoms with van der Waals surface area (Å²) in [4.78, 5) is 21.1. The van der Waals surface area contributed by atoms with Gasteiger partial charge in [0.05, 0.1) is 13.2 Å². The summed E-state index contributed by atoms with van der Waals surface area (Å²) in [5.74, 6) is -0.443. The van der Waals surface area contributed by atoms with Gasteiger partial charge >= 0.3 is 5.97 Å². The van der Waals surface area contributed by atoms with Gasteiger partial charge in [0.2, 0.25) is 5.24 Å².